The summed E-state index contributed by atoms with van der Waals surface area (Å²) < 4.78 is 25.1. The molecule has 0 bridgehead atoms. The van der Waals surface area contributed by atoms with Gasteiger partial charge in [0.1, 0.15) is 23.2 Å². The molecule has 0 unspecified atom stereocenters. The minimum Gasteiger partial charge on any atom is -0.507 e. The van der Waals surface area contributed by atoms with Crippen molar-refractivity contribution in [1.29, 1.82) is 0 Å². The number of para-hydroxylation sites is 1. The van der Waals surface area contributed by atoms with Crippen molar-refractivity contribution >= 4 is 46.1 Å². The highest BCUT2D eigenvalue weighted by Crippen LogP contribution is 2.38. The largest absolute Gasteiger partial charge is 0.507 e. The van der Waals surface area contributed by atoms with Crippen LogP contribution in [0.3, 0.4) is 0 Å². The molecule has 5 aromatic rings. The highest BCUT2D eigenvalue weighted by atomic mass is 19.1. The summed E-state index contributed by atoms with van der Waals surface area (Å²) in [6.07, 6.45) is 5.89. The third-order valence-corrected chi connectivity index (χ3v) is 13.4. The van der Waals surface area contributed by atoms with E-state index in [0.717, 1.165) is 48.1 Å². The number of hydrogen-bond acceptors (Lipinski definition) is 11. The normalized spacial score (nSPS) is 22.6. The molecule has 324 valence electrons. The number of anilines is 3. The number of morpholine rings is 1. The number of pyridine rings is 1. The van der Waals surface area contributed by atoms with Crippen LogP contribution in [0.2, 0.25) is 0 Å². The number of benzene rings is 2. The van der Waals surface area contributed by atoms with Crippen LogP contribution in [0.15, 0.2) is 73.1 Å². The third kappa shape index (κ3) is 8.04. The number of phenols is 1. The second-order valence-corrected chi connectivity index (χ2v) is 17.4. The molecule has 16 heteroatoms. The first kappa shape index (κ1) is 41.2. The number of carbonyl (C=O) groups excluding carboxylic acids is 3. The lowest BCUT2D eigenvalue weighted by molar-refractivity contribution is -0.120. The van der Waals surface area contributed by atoms with Crippen molar-refractivity contribution in [2.75, 3.05) is 61.3 Å². The van der Waals surface area contributed by atoms with Crippen LogP contribution in [0.4, 0.5) is 26.4 Å². The number of aromatic hydroxyl groups is 1. The van der Waals surface area contributed by atoms with E-state index in [0.29, 0.717) is 60.9 Å². The molecule has 62 heavy (non-hydrogen) atoms. The van der Waals surface area contributed by atoms with Gasteiger partial charge in [0.05, 0.1) is 35.4 Å². The Hall–Kier alpha value is -6.13. The number of nitrogens with two attached hydrogens (primary N) is 1. The summed E-state index contributed by atoms with van der Waals surface area (Å²) in [5.74, 6) is 0.0134. The number of alkyl halides is 1. The van der Waals surface area contributed by atoms with Gasteiger partial charge in [0.25, 0.3) is 5.91 Å². The molecule has 3 aromatic heterocycles. The van der Waals surface area contributed by atoms with Crippen molar-refractivity contribution in [3.63, 3.8) is 0 Å². The Morgan fingerprint density at radius 2 is 1.74 bits per heavy atom. The molecule has 0 aliphatic carbocycles. The molecular formula is C46H53FN10O5. The van der Waals surface area contributed by atoms with E-state index in [1.54, 1.807) is 34.2 Å². The Balaban J connectivity index is 0.784. The van der Waals surface area contributed by atoms with Gasteiger partial charge < -0.3 is 34.8 Å². The van der Waals surface area contributed by atoms with E-state index in [1.807, 2.05) is 56.3 Å². The SMILES string of the molecule is Cc1cn(C2CCN(CC3(F)CCN(C(=O)c4ccc([C@@H]5CN(c6cc(-c7ccccc7O)nnc6N)[C@H](C)[C@H](C)O5)cc4)CC3)CC2)c2ncc(N3CCC(=O)NC3=O)cc12. The number of carbonyl (C=O) groups is 3. The number of rotatable bonds is 8. The van der Waals surface area contributed by atoms with Crippen molar-refractivity contribution in [3.8, 4) is 17.0 Å². The topological polar surface area (TPSA) is 175 Å². The Kier molecular flexibility index (Phi) is 11.1. The number of aryl methyl sites for hydroxylation is 1. The lowest BCUT2D eigenvalue weighted by Gasteiger charge is -2.44. The highest BCUT2D eigenvalue weighted by molar-refractivity contribution is 6.06. The van der Waals surface area contributed by atoms with Crippen LogP contribution in [-0.4, -0.2) is 116 Å². The number of phenolic OH excluding ortho intramolecular Hbond substituents is 1. The fourth-order valence-electron chi connectivity index (χ4n) is 9.53. The number of hydrogen-bond donors (Lipinski definition) is 3. The zero-order valence-corrected chi connectivity index (χ0v) is 35.3. The molecule has 4 amide bonds. The first-order valence-corrected chi connectivity index (χ1v) is 21.6. The summed E-state index contributed by atoms with van der Waals surface area (Å²) in [5.41, 5.74) is 10.8. The van der Waals surface area contributed by atoms with Crippen LogP contribution < -0.4 is 20.9 Å². The molecular weight excluding hydrogens is 792 g/mol. The zero-order chi connectivity index (χ0) is 43.3. The summed E-state index contributed by atoms with van der Waals surface area (Å²) in [5, 5.41) is 22.3. The number of nitrogens with one attached hydrogen (secondary N) is 1. The molecule has 0 spiro atoms. The molecule has 4 N–H and O–H groups in total. The molecule has 4 aliphatic rings. The summed E-state index contributed by atoms with van der Waals surface area (Å²) in [4.78, 5) is 50.2. The maximum absolute atomic E-state index is 16.4. The monoisotopic (exact) mass is 844 g/mol. The van der Waals surface area contributed by atoms with Gasteiger partial charge in [-0.15, -0.1) is 10.2 Å². The Labute approximate surface area is 359 Å². The van der Waals surface area contributed by atoms with E-state index in [1.165, 1.54) is 0 Å². The van der Waals surface area contributed by atoms with Crippen LogP contribution in [-0.2, 0) is 9.53 Å². The molecule has 4 aliphatic heterocycles. The van der Waals surface area contributed by atoms with Gasteiger partial charge >= 0.3 is 6.03 Å². The second kappa shape index (κ2) is 16.6. The van der Waals surface area contributed by atoms with Crippen molar-refractivity contribution in [2.24, 2.45) is 0 Å². The molecule has 15 nitrogen and oxygen atoms in total. The van der Waals surface area contributed by atoms with Crippen molar-refractivity contribution < 1.29 is 28.6 Å². The number of piperidine rings is 2. The number of amides is 4. The number of nitrogens with zero attached hydrogens (tertiary/aromatic N) is 8. The standard InChI is InChI=1S/C46H53FN10O5/c1-28-25-57(43-36(28)22-34(24-49-43)55-19-14-41(59)50-45(55)61)33-12-17-53(18-13-33)27-46(47)15-20-54(21-16-46)44(60)32-10-8-31(9-11-32)40-26-56(29(2)30(3)62-40)38-23-37(51-52-42(38)48)35-6-4-5-7-39(35)58/h4-11,22-25,29-30,33,40,58H,12-21,26-27H2,1-3H3,(H2,48,52)(H,50,59,61)/t29-,30+,40+/m1/s1. The number of halogens is 1. The number of urea groups is 1. The Morgan fingerprint density at radius 3 is 2.47 bits per heavy atom. The fourth-order valence-corrected chi connectivity index (χ4v) is 9.53. The molecule has 0 saturated carbocycles. The maximum Gasteiger partial charge on any atom is 0.328 e. The smallest absolute Gasteiger partial charge is 0.328 e. The number of imide groups is 1. The average Bonchev–Trinajstić information content (AvgIpc) is 3.60. The van der Waals surface area contributed by atoms with E-state index < -0.39 is 11.7 Å². The molecule has 4 saturated heterocycles. The second-order valence-electron chi connectivity index (χ2n) is 17.4. The Morgan fingerprint density at radius 1 is 1.00 bits per heavy atom. The lowest BCUT2D eigenvalue weighted by atomic mass is 9.91. The third-order valence-electron chi connectivity index (χ3n) is 13.4. The van der Waals surface area contributed by atoms with Gasteiger partial charge in [-0.3, -0.25) is 19.8 Å². The molecule has 0 radical (unpaired) electrons. The Bertz CT molecular complexity index is 2500. The van der Waals surface area contributed by atoms with Crippen molar-refractivity contribution in [1.82, 2.24) is 34.9 Å². The molecule has 7 heterocycles. The molecule has 3 atom stereocenters. The number of nitrogen functional groups attached to an aromatic ring is 1. The van der Waals surface area contributed by atoms with Gasteiger partial charge in [0, 0.05) is 93.8 Å². The number of likely N-dealkylation sites (tertiary alicyclic amines) is 2. The van der Waals surface area contributed by atoms with Crippen LogP contribution in [0, 0.1) is 6.92 Å². The quantitative estimate of drug-likeness (QED) is 0.163. The minimum absolute atomic E-state index is 0.0270. The van der Waals surface area contributed by atoms with Crippen LogP contribution in [0.25, 0.3) is 22.3 Å². The van der Waals surface area contributed by atoms with Gasteiger partial charge in [-0.2, -0.15) is 0 Å². The first-order valence-electron chi connectivity index (χ1n) is 21.6. The number of ether oxygens (including phenoxy) is 1. The molecule has 9 rings (SSSR count). The van der Waals surface area contributed by atoms with Crippen LogP contribution >= 0.6 is 0 Å². The average molecular weight is 845 g/mol. The molecule has 2 aromatic carbocycles. The number of fused-ring (bicyclic) bond motifs is 1. The van der Waals surface area contributed by atoms with E-state index in [9.17, 15) is 19.5 Å². The predicted octanol–water partition coefficient (Wildman–Crippen LogP) is 6.17. The van der Waals surface area contributed by atoms with Gasteiger partial charge in [-0.25, -0.2) is 14.2 Å². The summed E-state index contributed by atoms with van der Waals surface area (Å²) in [6, 6.07) is 18.1. The van der Waals surface area contributed by atoms with E-state index in [2.05, 4.69) is 43.0 Å². The van der Waals surface area contributed by atoms with E-state index in [4.69, 9.17) is 15.5 Å². The summed E-state index contributed by atoms with van der Waals surface area (Å²) in [7, 11) is 0. The van der Waals surface area contributed by atoms with E-state index >= 15 is 4.39 Å². The van der Waals surface area contributed by atoms with Gasteiger partial charge in [0.2, 0.25) is 5.91 Å². The number of aromatic nitrogens is 4. The van der Waals surface area contributed by atoms with Gasteiger partial charge in [-0.05, 0) is 81.1 Å². The summed E-state index contributed by atoms with van der Waals surface area (Å²) >= 11 is 0. The first-order chi connectivity index (χ1) is 29.8. The van der Waals surface area contributed by atoms with Crippen LogP contribution in [0.5, 0.6) is 5.75 Å². The van der Waals surface area contributed by atoms with Crippen LogP contribution in [0.1, 0.15) is 79.6 Å². The van der Waals surface area contributed by atoms with Gasteiger partial charge in [-0.1, -0.05) is 24.3 Å². The van der Waals surface area contributed by atoms with Crippen molar-refractivity contribution in [3.05, 3.63) is 89.7 Å². The van der Waals surface area contributed by atoms with E-state index in [-0.39, 0.29) is 66.9 Å². The maximum atomic E-state index is 16.4. The lowest BCUT2D eigenvalue weighted by Crippen LogP contribution is -2.51. The van der Waals surface area contributed by atoms with Crippen molar-refractivity contribution in [2.45, 2.75) is 82.8 Å². The predicted molar refractivity (Wildman–Crippen MR) is 234 cm³/mol. The fraction of sp³-hybridized carbons (Fsp3) is 0.435. The van der Waals surface area contributed by atoms with Gasteiger partial charge in [0.15, 0.2) is 5.82 Å². The summed E-state index contributed by atoms with van der Waals surface area (Å²) in [6.45, 7) is 9.51. The highest BCUT2D eigenvalue weighted by Gasteiger charge is 2.39. The zero-order valence-electron chi connectivity index (χ0n) is 35.3. The minimum atomic E-state index is -1.37. The molecule has 4 fully saturated rings.